The van der Waals surface area contributed by atoms with Crippen LogP contribution >= 0.6 is 24.0 Å². The molecule has 0 saturated carbocycles. The molecule has 9 heteroatoms. The molecule has 1 saturated heterocycles. The molecule has 4 rings (SSSR count). The number of hydrogen-bond donors (Lipinski definition) is 2. The van der Waals surface area contributed by atoms with E-state index in [1.165, 1.54) is 5.69 Å². The number of nitrogens with zero attached hydrogens (tertiary/aromatic N) is 5. The van der Waals surface area contributed by atoms with Gasteiger partial charge in [-0.05, 0) is 43.3 Å². The lowest BCUT2D eigenvalue weighted by atomic mass is 10.2. The monoisotopic (exact) mass is 547 g/mol. The average molecular weight is 547 g/mol. The van der Waals surface area contributed by atoms with E-state index >= 15 is 0 Å². The van der Waals surface area contributed by atoms with Crippen LogP contribution in [0.1, 0.15) is 12.7 Å². The Morgan fingerprint density at radius 2 is 1.78 bits per heavy atom. The lowest BCUT2D eigenvalue weighted by Crippen LogP contribution is -2.52. The Kier molecular flexibility index (Phi) is 8.72. The Labute approximate surface area is 206 Å². The van der Waals surface area contributed by atoms with Crippen molar-refractivity contribution in [2.45, 2.75) is 13.5 Å². The number of nitrogens with one attached hydrogen (secondary N) is 2. The van der Waals surface area contributed by atoms with Gasteiger partial charge in [0.05, 0.1) is 7.11 Å². The van der Waals surface area contributed by atoms with Crippen molar-refractivity contribution < 1.29 is 4.74 Å². The summed E-state index contributed by atoms with van der Waals surface area (Å²) < 4.78 is 5.21. The highest BCUT2D eigenvalue weighted by Gasteiger charge is 2.20. The van der Waals surface area contributed by atoms with Gasteiger partial charge in [-0.2, -0.15) is 5.10 Å². The highest BCUT2D eigenvalue weighted by atomic mass is 127. The van der Waals surface area contributed by atoms with Crippen LogP contribution in [0.5, 0.6) is 5.75 Å². The van der Waals surface area contributed by atoms with E-state index in [1.54, 1.807) is 7.11 Å². The van der Waals surface area contributed by atoms with E-state index in [2.05, 4.69) is 67.6 Å². The molecule has 2 aromatic carbocycles. The Balaban J connectivity index is 0.00000289. The maximum Gasteiger partial charge on any atom is 0.194 e. The molecule has 0 bridgehead atoms. The van der Waals surface area contributed by atoms with E-state index in [-0.39, 0.29) is 24.0 Å². The van der Waals surface area contributed by atoms with Crippen LogP contribution in [0.2, 0.25) is 0 Å². The Morgan fingerprint density at radius 1 is 1.06 bits per heavy atom. The van der Waals surface area contributed by atoms with Crippen LogP contribution in [0, 0.1) is 0 Å². The van der Waals surface area contributed by atoms with E-state index in [0.717, 1.165) is 55.8 Å². The molecule has 0 amide bonds. The zero-order chi connectivity index (χ0) is 21.5. The van der Waals surface area contributed by atoms with Gasteiger partial charge in [-0.25, -0.2) is 9.98 Å². The predicted molar refractivity (Wildman–Crippen MR) is 139 cm³/mol. The van der Waals surface area contributed by atoms with Crippen molar-refractivity contribution in [3.63, 3.8) is 0 Å². The van der Waals surface area contributed by atoms with Gasteiger partial charge < -0.3 is 19.9 Å². The lowest BCUT2D eigenvalue weighted by molar-refractivity contribution is 0.372. The second-order valence-corrected chi connectivity index (χ2v) is 7.31. The quantitative estimate of drug-likeness (QED) is 0.280. The number of H-pyrrole nitrogens is 1. The molecule has 8 nitrogen and oxygen atoms in total. The van der Waals surface area contributed by atoms with E-state index in [4.69, 9.17) is 9.73 Å². The minimum atomic E-state index is 0. The van der Waals surface area contributed by atoms with Crippen LogP contribution in [0.25, 0.3) is 11.4 Å². The molecule has 2 N–H and O–H groups in total. The molecule has 1 aliphatic heterocycles. The molecule has 32 heavy (non-hydrogen) atoms. The summed E-state index contributed by atoms with van der Waals surface area (Å²) in [5.41, 5.74) is 2.22. The molecule has 0 radical (unpaired) electrons. The number of methoxy groups -OCH3 is 1. The van der Waals surface area contributed by atoms with Crippen molar-refractivity contribution >= 4 is 35.6 Å². The fourth-order valence-electron chi connectivity index (χ4n) is 3.63. The number of rotatable bonds is 6. The normalized spacial score (nSPS) is 14.1. The minimum absolute atomic E-state index is 0. The summed E-state index contributed by atoms with van der Waals surface area (Å²) in [4.78, 5) is 14.1. The van der Waals surface area contributed by atoms with Gasteiger partial charge in [0, 0.05) is 44.0 Å². The van der Waals surface area contributed by atoms with Gasteiger partial charge in [-0.3, -0.25) is 5.10 Å². The number of halogens is 1. The van der Waals surface area contributed by atoms with E-state index in [9.17, 15) is 0 Å². The standard InChI is InChI=1S/C23H29N7O.HI/c1-3-24-23(30-15-13-29(14-16-30)19-7-5-4-6-8-19)25-17-21-26-22(28-27-21)18-9-11-20(31-2)12-10-18;/h4-12H,3,13-17H2,1-2H3,(H,24,25)(H,26,27,28);1H. The zero-order valence-corrected chi connectivity index (χ0v) is 20.8. The first-order valence-corrected chi connectivity index (χ1v) is 10.7. The Bertz CT molecular complexity index is 983. The maximum atomic E-state index is 5.21. The van der Waals surface area contributed by atoms with Crippen molar-refractivity contribution in [2.24, 2.45) is 4.99 Å². The highest BCUT2D eigenvalue weighted by Crippen LogP contribution is 2.19. The number of piperazine rings is 1. The topological polar surface area (TPSA) is 81.7 Å². The second-order valence-electron chi connectivity index (χ2n) is 7.31. The minimum Gasteiger partial charge on any atom is -0.497 e. The Morgan fingerprint density at radius 3 is 2.44 bits per heavy atom. The first-order chi connectivity index (χ1) is 15.3. The third-order valence-corrected chi connectivity index (χ3v) is 5.29. The molecule has 1 aromatic heterocycles. The summed E-state index contributed by atoms with van der Waals surface area (Å²) in [6, 6.07) is 18.3. The second kappa shape index (κ2) is 11.7. The van der Waals surface area contributed by atoms with Crippen LogP contribution in [0.4, 0.5) is 5.69 Å². The fourth-order valence-corrected chi connectivity index (χ4v) is 3.63. The van der Waals surface area contributed by atoms with Crippen molar-refractivity contribution in [1.82, 2.24) is 25.4 Å². The van der Waals surface area contributed by atoms with Crippen LogP contribution in [-0.4, -0.2) is 65.9 Å². The molecule has 170 valence electrons. The van der Waals surface area contributed by atoms with E-state index in [0.29, 0.717) is 12.4 Å². The van der Waals surface area contributed by atoms with Crippen molar-refractivity contribution in [3.8, 4) is 17.1 Å². The number of para-hydroxylation sites is 1. The van der Waals surface area contributed by atoms with Crippen molar-refractivity contribution in [1.29, 1.82) is 0 Å². The van der Waals surface area contributed by atoms with Crippen LogP contribution in [0.3, 0.4) is 0 Å². The molecular weight excluding hydrogens is 517 g/mol. The largest absolute Gasteiger partial charge is 0.497 e. The maximum absolute atomic E-state index is 5.21. The summed E-state index contributed by atoms with van der Waals surface area (Å²) >= 11 is 0. The van der Waals surface area contributed by atoms with Gasteiger partial charge in [-0.1, -0.05) is 18.2 Å². The van der Waals surface area contributed by atoms with Gasteiger partial charge >= 0.3 is 0 Å². The third-order valence-electron chi connectivity index (χ3n) is 5.29. The van der Waals surface area contributed by atoms with Gasteiger partial charge in [0.1, 0.15) is 18.1 Å². The first-order valence-electron chi connectivity index (χ1n) is 10.7. The van der Waals surface area contributed by atoms with Gasteiger partial charge in [0.25, 0.3) is 0 Å². The van der Waals surface area contributed by atoms with Crippen molar-refractivity contribution in [2.75, 3.05) is 44.7 Å². The highest BCUT2D eigenvalue weighted by molar-refractivity contribution is 14.0. The number of aromatic amines is 1. The summed E-state index contributed by atoms with van der Waals surface area (Å²) in [6.07, 6.45) is 0. The number of anilines is 1. The van der Waals surface area contributed by atoms with Crippen LogP contribution in [0.15, 0.2) is 59.6 Å². The molecule has 1 aliphatic rings. The smallest absolute Gasteiger partial charge is 0.194 e. The fraction of sp³-hybridized carbons (Fsp3) is 0.348. The molecule has 0 unspecified atom stereocenters. The number of guanidine groups is 1. The van der Waals surface area contributed by atoms with Crippen LogP contribution < -0.4 is 15.0 Å². The molecular formula is C23H30IN7O. The van der Waals surface area contributed by atoms with Gasteiger partial charge in [0.15, 0.2) is 11.8 Å². The lowest BCUT2D eigenvalue weighted by Gasteiger charge is -2.37. The summed E-state index contributed by atoms with van der Waals surface area (Å²) in [5.74, 6) is 3.13. The number of aromatic nitrogens is 3. The van der Waals surface area contributed by atoms with E-state index < -0.39 is 0 Å². The SMILES string of the molecule is CCNC(=NCc1nc(-c2ccc(OC)cc2)n[nH]1)N1CCN(c2ccccc2)CC1.I. The summed E-state index contributed by atoms with van der Waals surface area (Å²) in [7, 11) is 1.65. The molecule has 0 aliphatic carbocycles. The average Bonchev–Trinajstić information content (AvgIpc) is 3.31. The summed E-state index contributed by atoms with van der Waals surface area (Å²) in [6.45, 7) is 7.15. The molecule has 1 fully saturated rings. The molecule has 0 spiro atoms. The van der Waals surface area contributed by atoms with Gasteiger partial charge in [0.2, 0.25) is 0 Å². The molecule has 0 atom stereocenters. The zero-order valence-electron chi connectivity index (χ0n) is 18.5. The number of aliphatic imine (C=N–C) groups is 1. The van der Waals surface area contributed by atoms with Crippen LogP contribution in [-0.2, 0) is 6.54 Å². The number of ether oxygens (including phenoxy) is 1. The van der Waals surface area contributed by atoms with Gasteiger partial charge in [-0.15, -0.1) is 24.0 Å². The number of benzene rings is 2. The molecule has 3 aromatic rings. The number of hydrogen-bond acceptors (Lipinski definition) is 5. The van der Waals surface area contributed by atoms with Crippen molar-refractivity contribution in [3.05, 3.63) is 60.4 Å². The third kappa shape index (κ3) is 5.90. The summed E-state index contributed by atoms with van der Waals surface area (Å²) in [5, 5.41) is 10.8. The van der Waals surface area contributed by atoms with E-state index in [1.807, 2.05) is 24.3 Å². The molecule has 2 heterocycles. The first kappa shape index (κ1) is 23.8. The Hall–Kier alpha value is -2.82. The predicted octanol–water partition coefficient (Wildman–Crippen LogP) is 3.39.